The molecule has 1 heterocycles. The third-order valence-corrected chi connectivity index (χ3v) is 2.91. The summed E-state index contributed by atoms with van der Waals surface area (Å²) in [5, 5.41) is 10.9. The van der Waals surface area contributed by atoms with E-state index >= 15 is 0 Å². The zero-order valence-electron chi connectivity index (χ0n) is 9.85. The maximum absolute atomic E-state index is 13.3. The van der Waals surface area contributed by atoms with Gasteiger partial charge in [0.1, 0.15) is 16.6 Å². The number of carbonyl (C=O) groups is 1. The van der Waals surface area contributed by atoms with Gasteiger partial charge in [0, 0.05) is 11.6 Å². The van der Waals surface area contributed by atoms with Crippen molar-refractivity contribution in [2.75, 3.05) is 5.32 Å². The van der Waals surface area contributed by atoms with Gasteiger partial charge in [-0.3, -0.25) is 10.1 Å². The largest absolute Gasteiger partial charge is 0.297 e. The van der Waals surface area contributed by atoms with E-state index in [-0.39, 0.29) is 5.56 Å². The summed E-state index contributed by atoms with van der Waals surface area (Å²) < 4.78 is 26.6. The van der Waals surface area contributed by atoms with Crippen molar-refractivity contribution in [1.82, 2.24) is 10.2 Å². The highest BCUT2D eigenvalue weighted by Crippen LogP contribution is 2.15. The number of nitrogens with zero attached hydrogens (tertiary/aromatic N) is 2. The van der Waals surface area contributed by atoms with Gasteiger partial charge < -0.3 is 0 Å². The molecule has 7 heteroatoms. The summed E-state index contributed by atoms with van der Waals surface area (Å²) in [6.07, 6.45) is 2.12. The highest BCUT2D eigenvalue weighted by Gasteiger charge is 2.06. The van der Waals surface area contributed by atoms with Crippen molar-refractivity contribution in [3.63, 3.8) is 0 Å². The summed E-state index contributed by atoms with van der Waals surface area (Å²) in [6, 6.07) is 3.50. The number of benzene rings is 1. The lowest BCUT2D eigenvalue weighted by atomic mass is 10.2. The molecule has 0 unspecified atom stereocenters. The van der Waals surface area contributed by atoms with E-state index < -0.39 is 17.5 Å². The number of nitrogens with one attached hydrogen (secondary N) is 1. The van der Waals surface area contributed by atoms with Crippen LogP contribution in [0.2, 0.25) is 0 Å². The third kappa shape index (κ3) is 3.41. The second-order valence-corrected chi connectivity index (χ2v) is 4.77. The number of hydrogen-bond donors (Lipinski definition) is 1. The lowest BCUT2D eigenvalue weighted by Crippen LogP contribution is -2.07. The zero-order chi connectivity index (χ0) is 13.8. The van der Waals surface area contributed by atoms with E-state index in [9.17, 15) is 13.6 Å². The number of rotatable bonds is 3. The Bertz CT molecular complexity index is 619. The van der Waals surface area contributed by atoms with Crippen molar-refractivity contribution in [3.05, 3.63) is 46.5 Å². The normalized spacial score (nSPS) is 10.9. The Labute approximate surface area is 111 Å². The fraction of sp³-hybridized carbons (Fsp3) is 0.0833. The molecule has 0 radical (unpaired) electrons. The molecule has 98 valence electrons. The first-order valence-electron chi connectivity index (χ1n) is 5.29. The van der Waals surface area contributed by atoms with Crippen molar-refractivity contribution in [2.24, 2.45) is 0 Å². The monoisotopic (exact) mass is 281 g/mol. The van der Waals surface area contributed by atoms with Crippen LogP contribution < -0.4 is 5.32 Å². The third-order valence-electron chi connectivity index (χ3n) is 2.16. The molecule has 0 atom stereocenters. The molecular weight excluding hydrogens is 272 g/mol. The van der Waals surface area contributed by atoms with Gasteiger partial charge in [-0.2, -0.15) is 0 Å². The lowest BCUT2D eigenvalue weighted by molar-refractivity contribution is -0.111. The molecule has 1 aromatic carbocycles. The van der Waals surface area contributed by atoms with Crippen LogP contribution in [0.25, 0.3) is 6.08 Å². The minimum atomic E-state index is -0.726. The van der Waals surface area contributed by atoms with Crippen LogP contribution in [0, 0.1) is 18.6 Å². The molecule has 0 aliphatic heterocycles. The van der Waals surface area contributed by atoms with E-state index in [1.807, 2.05) is 0 Å². The predicted molar refractivity (Wildman–Crippen MR) is 68.7 cm³/mol. The fourth-order valence-corrected chi connectivity index (χ4v) is 1.92. The van der Waals surface area contributed by atoms with Crippen LogP contribution in [0.4, 0.5) is 13.9 Å². The lowest BCUT2D eigenvalue weighted by Gasteiger charge is -1.98. The first-order valence-corrected chi connectivity index (χ1v) is 6.11. The Hall–Kier alpha value is -2.15. The molecule has 0 aliphatic rings. The van der Waals surface area contributed by atoms with E-state index in [0.29, 0.717) is 10.1 Å². The molecule has 2 rings (SSSR count). The van der Waals surface area contributed by atoms with Gasteiger partial charge in [0.05, 0.1) is 0 Å². The van der Waals surface area contributed by atoms with Gasteiger partial charge in [-0.25, -0.2) is 8.78 Å². The maximum Gasteiger partial charge on any atom is 0.250 e. The number of hydrogen-bond acceptors (Lipinski definition) is 4. The van der Waals surface area contributed by atoms with Gasteiger partial charge >= 0.3 is 0 Å². The summed E-state index contributed by atoms with van der Waals surface area (Å²) >= 11 is 1.21. The van der Waals surface area contributed by atoms with Crippen LogP contribution in [0.1, 0.15) is 10.6 Å². The second kappa shape index (κ2) is 5.66. The van der Waals surface area contributed by atoms with Gasteiger partial charge in [0.15, 0.2) is 0 Å². The average molecular weight is 281 g/mol. The van der Waals surface area contributed by atoms with Crippen molar-refractivity contribution in [2.45, 2.75) is 6.92 Å². The van der Waals surface area contributed by atoms with E-state index in [1.54, 1.807) is 6.92 Å². The number of aromatic nitrogens is 2. The van der Waals surface area contributed by atoms with Gasteiger partial charge in [-0.05, 0) is 25.1 Å². The molecule has 19 heavy (non-hydrogen) atoms. The van der Waals surface area contributed by atoms with Crippen LogP contribution >= 0.6 is 11.3 Å². The average Bonchev–Trinajstić information content (AvgIpc) is 2.74. The molecule has 0 aliphatic carbocycles. The molecule has 1 aromatic heterocycles. The molecule has 4 nitrogen and oxygen atoms in total. The number of halogens is 2. The minimum Gasteiger partial charge on any atom is -0.297 e. The summed E-state index contributed by atoms with van der Waals surface area (Å²) in [4.78, 5) is 11.5. The topological polar surface area (TPSA) is 54.9 Å². The Morgan fingerprint density at radius 1 is 1.32 bits per heavy atom. The van der Waals surface area contributed by atoms with E-state index in [1.165, 1.54) is 17.4 Å². The second-order valence-electron chi connectivity index (χ2n) is 3.58. The minimum absolute atomic E-state index is 0.258. The molecule has 1 amide bonds. The molecule has 2 aromatic rings. The zero-order valence-corrected chi connectivity index (χ0v) is 10.7. The number of carbonyl (C=O) groups excluding carboxylic acids is 1. The van der Waals surface area contributed by atoms with Gasteiger partial charge in [-0.15, -0.1) is 10.2 Å². The first kappa shape index (κ1) is 13.3. The van der Waals surface area contributed by atoms with Crippen molar-refractivity contribution < 1.29 is 13.6 Å². The predicted octanol–water partition coefficient (Wildman–Crippen LogP) is 2.78. The summed E-state index contributed by atoms with van der Waals surface area (Å²) in [5.41, 5.74) is -0.258. The van der Waals surface area contributed by atoms with Gasteiger partial charge in [0.25, 0.3) is 0 Å². The van der Waals surface area contributed by atoms with Crippen molar-refractivity contribution in [3.8, 4) is 0 Å². The van der Waals surface area contributed by atoms with Crippen molar-refractivity contribution in [1.29, 1.82) is 0 Å². The molecule has 0 spiro atoms. The smallest absolute Gasteiger partial charge is 0.250 e. The number of amides is 1. The summed E-state index contributed by atoms with van der Waals surface area (Å²) in [5.74, 6) is -1.98. The molecule has 0 saturated heterocycles. The quantitative estimate of drug-likeness (QED) is 0.880. The number of aryl methyl sites for hydroxylation is 1. The van der Waals surface area contributed by atoms with Crippen LogP contribution in [0.5, 0.6) is 0 Å². The Morgan fingerprint density at radius 2 is 2.00 bits per heavy atom. The Morgan fingerprint density at radius 3 is 2.58 bits per heavy atom. The van der Waals surface area contributed by atoms with E-state index in [4.69, 9.17) is 0 Å². The van der Waals surface area contributed by atoms with Crippen molar-refractivity contribution >= 4 is 28.5 Å². The van der Waals surface area contributed by atoms with E-state index in [2.05, 4.69) is 15.5 Å². The fourth-order valence-electron chi connectivity index (χ4n) is 1.32. The molecule has 0 saturated carbocycles. The standard InChI is InChI=1S/C12H9F2N3OS/c1-7-16-17-12(19-7)15-11(18)6-5-8-9(13)3-2-4-10(8)14/h2-6H,1H3,(H,15,17,18). The summed E-state index contributed by atoms with van der Waals surface area (Å²) in [6.45, 7) is 1.75. The molecular formula is C12H9F2N3OS. The molecule has 1 N–H and O–H groups in total. The first-order chi connectivity index (χ1) is 9.06. The van der Waals surface area contributed by atoms with Crippen LogP contribution in [0.15, 0.2) is 24.3 Å². The highest BCUT2D eigenvalue weighted by molar-refractivity contribution is 7.15. The Balaban J connectivity index is 2.08. The van der Waals surface area contributed by atoms with Crippen LogP contribution in [-0.4, -0.2) is 16.1 Å². The van der Waals surface area contributed by atoms with Gasteiger partial charge in [-0.1, -0.05) is 17.4 Å². The Kier molecular flexibility index (Phi) is 3.96. The van der Waals surface area contributed by atoms with Crippen LogP contribution in [0.3, 0.4) is 0 Å². The van der Waals surface area contributed by atoms with Crippen LogP contribution in [-0.2, 0) is 4.79 Å². The highest BCUT2D eigenvalue weighted by atomic mass is 32.1. The SMILES string of the molecule is Cc1nnc(NC(=O)C=Cc2c(F)cccc2F)s1. The number of anilines is 1. The maximum atomic E-state index is 13.3. The molecule has 0 fully saturated rings. The summed E-state index contributed by atoms with van der Waals surface area (Å²) in [7, 11) is 0. The van der Waals surface area contributed by atoms with E-state index in [0.717, 1.165) is 24.3 Å². The van der Waals surface area contributed by atoms with Gasteiger partial charge in [0.2, 0.25) is 11.0 Å². The molecule has 0 bridgehead atoms.